The lowest BCUT2D eigenvalue weighted by atomic mass is 9.97. The van der Waals surface area contributed by atoms with E-state index in [2.05, 4.69) is 10.2 Å². The van der Waals surface area contributed by atoms with E-state index in [4.69, 9.17) is 15.9 Å². The van der Waals surface area contributed by atoms with Crippen LogP contribution in [0.3, 0.4) is 0 Å². The van der Waals surface area contributed by atoms with Crippen LogP contribution in [-0.2, 0) is 0 Å². The molecule has 7 rings (SSSR count). The molecule has 9 nitrogen and oxygen atoms in total. The summed E-state index contributed by atoms with van der Waals surface area (Å²) in [5, 5.41) is 55.2. The minimum Gasteiger partial charge on any atom is -0.507 e. The number of rotatable bonds is 2. The van der Waals surface area contributed by atoms with Crippen LogP contribution in [0, 0.1) is 0 Å². The third-order valence-corrected chi connectivity index (χ3v) is 7.24. The van der Waals surface area contributed by atoms with Gasteiger partial charge in [-0.3, -0.25) is 0 Å². The van der Waals surface area contributed by atoms with Crippen molar-refractivity contribution in [3.8, 4) is 45.9 Å². The lowest BCUT2D eigenvalue weighted by molar-refractivity contribution is 0.478. The summed E-state index contributed by atoms with van der Waals surface area (Å²) in [5.41, 5.74) is 14.0. The van der Waals surface area contributed by atoms with Crippen molar-refractivity contribution in [1.82, 2.24) is 10.2 Å². The van der Waals surface area contributed by atoms with E-state index < -0.39 is 0 Å². The number of phenols is 4. The minimum atomic E-state index is -0.0706. The number of fused-ring (bicyclic) bond motifs is 4. The molecule has 0 spiro atoms. The standard InChI is InChI=1S/C30H20N4O5/c31-23-19(11-9-17-21(23)27(37)15-7-3-1-5-13(15)25(17)35)29-33-34-30(39-29)20-12-10-18-22(24(20)32)28(38)16-8-4-2-6-14(16)26(18)36/h1-12,35-38H,31-32H2. The first-order valence-corrected chi connectivity index (χ1v) is 12.0. The highest BCUT2D eigenvalue weighted by molar-refractivity contribution is 6.17. The number of hydrogen-bond donors (Lipinski definition) is 6. The first kappa shape index (κ1) is 22.5. The Morgan fingerprint density at radius 2 is 0.821 bits per heavy atom. The molecule has 0 bridgehead atoms. The van der Waals surface area contributed by atoms with Crippen molar-refractivity contribution in [2.45, 2.75) is 0 Å². The molecule has 0 radical (unpaired) electrons. The monoisotopic (exact) mass is 516 g/mol. The zero-order chi connectivity index (χ0) is 27.0. The van der Waals surface area contributed by atoms with Crippen LogP contribution in [0.1, 0.15) is 0 Å². The van der Waals surface area contributed by atoms with E-state index in [1.807, 2.05) is 0 Å². The third-order valence-electron chi connectivity index (χ3n) is 7.24. The highest BCUT2D eigenvalue weighted by atomic mass is 16.4. The molecule has 39 heavy (non-hydrogen) atoms. The van der Waals surface area contributed by atoms with Gasteiger partial charge in [0.1, 0.15) is 23.0 Å². The summed E-state index contributed by atoms with van der Waals surface area (Å²) in [7, 11) is 0. The maximum Gasteiger partial charge on any atom is 0.250 e. The average molecular weight is 517 g/mol. The average Bonchev–Trinajstić information content (AvgIpc) is 3.44. The van der Waals surface area contributed by atoms with Crippen molar-refractivity contribution in [2.24, 2.45) is 0 Å². The van der Waals surface area contributed by atoms with Crippen LogP contribution < -0.4 is 11.5 Å². The first-order chi connectivity index (χ1) is 18.9. The normalized spacial score (nSPS) is 11.7. The SMILES string of the molecule is Nc1c(-c2nnc(-c3ccc4c(O)c5ccccc5c(O)c4c3N)o2)ccc2c(O)c3ccccc3c(O)c12. The second-order valence-electron chi connectivity index (χ2n) is 9.30. The zero-order valence-electron chi connectivity index (χ0n) is 20.2. The Bertz CT molecular complexity index is 2000. The Morgan fingerprint density at radius 1 is 0.462 bits per heavy atom. The summed E-state index contributed by atoms with van der Waals surface area (Å²) in [6.07, 6.45) is 0. The molecule has 0 amide bonds. The van der Waals surface area contributed by atoms with Gasteiger partial charge in [-0.15, -0.1) is 10.2 Å². The maximum absolute atomic E-state index is 11.0. The molecule has 1 aromatic heterocycles. The van der Waals surface area contributed by atoms with Crippen LogP contribution in [0.4, 0.5) is 11.4 Å². The highest BCUT2D eigenvalue weighted by Crippen LogP contribution is 2.48. The summed E-state index contributed by atoms with van der Waals surface area (Å²) in [6.45, 7) is 0. The van der Waals surface area contributed by atoms with E-state index in [0.29, 0.717) is 43.4 Å². The van der Waals surface area contributed by atoms with Crippen LogP contribution in [0.25, 0.3) is 66.0 Å². The predicted octanol–water partition coefficient (Wildman–Crippen LogP) is 6.00. The van der Waals surface area contributed by atoms with Gasteiger partial charge < -0.3 is 36.3 Å². The third kappa shape index (κ3) is 3.01. The van der Waals surface area contributed by atoms with Gasteiger partial charge >= 0.3 is 0 Å². The number of benzene rings is 6. The Kier molecular flexibility index (Phi) is 4.55. The molecule has 8 N–H and O–H groups in total. The number of aromatic hydroxyl groups is 4. The van der Waals surface area contributed by atoms with Crippen molar-refractivity contribution in [3.63, 3.8) is 0 Å². The van der Waals surface area contributed by atoms with Gasteiger partial charge in [-0.2, -0.15) is 0 Å². The van der Waals surface area contributed by atoms with E-state index in [-0.39, 0.29) is 56.9 Å². The molecule has 0 unspecified atom stereocenters. The van der Waals surface area contributed by atoms with Gasteiger partial charge in [0.2, 0.25) is 11.8 Å². The summed E-state index contributed by atoms with van der Waals surface area (Å²) in [6, 6.07) is 20.4. The van der Waals surface area contributed by atoms with Gasteiger partial charge in [0.15, 0.2) is 0 Å². The second-order valence-corrected chi connectivity index (χ2v) is 9.30. The molecule has 0 saturated carbocycles. The summed E-state index contributed by atoms with van der Waals surface area (Å²) in [4.78, 5) is 0. The zero-order valence-corrected chi connectivity index (χ0v) is 20.2. The minimum absolute atomic E-state index is 0.00221. The fraction of sp³-hybridized carbons (Fsp3) is 0. The molecule has 0 aliphatic heterocycles. The van der Waals surface area contributed by atoms with E-state index in [1.54, 1.807) is 72.8 Å². The van der Waals surface area contributed by atoms with Gasteiger partial charge in [-0.05, 0) is 24.3 Å². The molecule has 1 heterocycles. The Morgan fingerprint density at radius 3 is 1.21 bits per heavy atom. The quantitative estimate of drug-likeness (QED) is 0.0915. The van der Waals surface area contributed by atoms with Crippen LogP contribution in [0.5, 0.6) is 23.0 Å². The topological polar surface area (TPSA) is 172 Å². The van der Waals surface area contributed by atoms with Crippen LogP contribution in [-0.4, -0.2) is 30.6 Å². The molecule has 7 aromatic rings. The smallest absolute Gasteiger partial charge is 0.250 e. The molecule has 0 fully saturated rings. The molecular formula is C30H20N4O5. The summed E-state index contributed by atoms with van der Waals surface area (Å²) >= 11 is 0. The van der Waals surface area contributed by atoms with Crippen LogP contribution >= 0.6 is 0 Å². The lowest BCUT2D eigenvalue weighted by Gasteiger charge is -2.13. The maximum atomic E-state index is 11.0. The molecule has 6 aromatic carbocycles. The number of phenolic OH excluding ortho intramolecular Hbond substituents is 4. The Hall–Kier alpha value is -5.70. The van der Waals surface area contributed by atoms with E-state index >= 15 is 0 Å². The molecular weight excluding hydrogens is 496 g/mol. The first-order valence-electron chi connectivity index (χ1n) is 12.0. The molecule has 190 valence electrons. The van der Waals surface area contributed by atoms with Crippen LogP contribution in [0.15, 0.2) is 77.2 Å². The number of hydrogen-bond acceptors (Lipinski definition) is 9. The van der Waals surface area contributed by atoms with Crippen molar-refractivity contribution >= 4 is 54.5 Å². The number of anilines is 2. The van der Waals surface area contributed by atoms with Crippen molar-refractivity contribution in [2.75, 3.05) is 11.5 Å². The van der Waals surface area contributed by atoms with Crippen molar-refractivity contribution in [3.05, 3.63) is 72.8 Å². The summed E-state index contributed by atoms with van der Waals surface area (Å²) < 4.78 is 5.96. The highest BCUT2D eigenvalue weighted by Gasteiger charge is 2.23. The largest absolute Gasteiger partial charge is 0.507 e. The predicted molar refractivity (Wildman–Crippen MR) is 151 cm³/mol. The van der Waals surface area contributed by atoms with Crippen molar-refractivity contribution < 1.29 is 24.8 Å². The number of nitrogens with two attached hydrogens (primary N) is 2. The van der Waals surface area contributed by atoms with Gasteiger partial charge in [0, 0.05) is 32.3 Å². The van der Waals surface area contributed by atoms with Gasteiger partial charge in [-0.1, -0.05) is 48.5 Å². The molecule has 9 heteroatoms. The fourth-order valence-electron chi connectivity index (χ4n) is 5.31. The van der Waals surface area contributed by atoms with Crippen molar-refractivity contribution in [1.29, 1.82) is 0 Å². The molecule has 0 aliphatic rings. The summed E-state index contributed by atoms with van der Waals surface area (Å²) in [5.74, 6) is 0.00498. The lowest BCUT2D eigenvalue weighted by Crippen LogP contribution is -1.94. The molecule has 0 saturated heterocycles. The van der Waals surface area contributed by atoms with E-state index in [1.165, 1.54) is 0 Å². The van der Waals surface area contributed by atoms with Crippen LogP contribution in [0.2, 0.25) is 0 Å². The Labute approximate surface area is 219 Å². The number of nitrogen functional groups attached to an aromatic ring is 2. The number of nitrogens with zero attached hydrogens (tertiary/aromatic N) is 2. The fourth-order valence-corrected chi connectivity index (χ4v) is 5.31. The second kappa shape index (κ2) is 7.90. The van der Waals surface area contributed by atoms with E-state index in [0.717, 1.165) is 0 Å². The molecule has 0 atom stereocenters. The van der Waals surface area contributed by atoms with Gasteiger partial charge in [-0.25, -0.2) is 0 Å². The Balaban J connectivity index is 1.40. The number of aromatic nitrogens is 2. The van der Waals surface area contributed by atoms with Gasteiger partial charge in [0.05, 0.1) is 33.3 Å². The van der Waals surface area contributed by atoms with E-state index in [9.17, 15) is 20.4 Å². The van der Waals surface area contributed by atoms with Gasteiger partial charge in [0.25, 0.3) is 0 Å². The molecule has 0 aliphatic carbocycles.